The molecule has 2 atom stereocenters. The molecular weight excluding hydrogens is 859 g/mol. The molecule has 0 aromatic heterocycles. The number of carbonyl (C=O) groups excluding carboxylic acids is 2. The van der Waals surface area contributed by atoms with Crippen molar-refractivity contribution in [2.75, 3.05) is 41.0 Å². The van der Waals surface area contributed by atoms with E-state index in [1.54, 1.807) is 0 Å². The topological polar surface area (TPSA) is 99.1 Å². The van der Waals surface area contributed by atoms with Crippen molar-refractivity contribution in [3.05, 3.63) is 97.2 Å². The molecule has 0 radical (unpaired) electrons. The molecule has 0 aliphatic rings. The van der Waals surface area contributed by atoms with Gasteiger partial charge in [0.05, 0.1) is 34.4 Å². The van der Waals surface area contributed by atoms with Crippen LogP contribution in [0.4, 0.5) is 0 Å². The number of quaternary nitrogens is 1. The first-order valence-corrected chi connectivity index (χ1v) is 27.8. The molecule has 1 N–H and O–H groups in total. The second kappa shape index (κ2) is 50.6. The largest absolute Gasteiger partial charge is 0.477 e. The maximum atomic E-state index is 12.8. The van der Waals surface area contributed by atoms with Gasteiger partial charge >= 0.3 is 17.9 Å². The van der Waals surface area contributed by atoms with Gasteiger partial charge in [-0.25, -0.2) is 4.79 Å². The van der Waals surface area contributed by atoms with Gasteiger partial charge in [0.15, 0.2) is 12.1 Å². The van der Waals surface area contributed by atoms with Crippen molar-refractivity contribution in [2.45, 2.75) is 231 Å². The number of rotatable bonds is 49. The quantitative estimate of drug-likeness (QED) is 0.0281. The van der Waals surface area contributed by atoms with E-state index in [1.807, 2.05) is 21.1 Å². The van der Waals surface area contributed by atoms with Crippen molar-refractivity contribution >= 4 is 17.9 Å². The lowest BCUT2D eigenvalue weighted by molar-refractivity contribution is -0.887. The highest BCUT2D eigenvalue weighted by molar-refractivity contribution is 5.72. The van der Waals surface area contributed by atoms with Crippen LogP contribution in [0.3, 0.4) is 0 Å². The zero-order chi connectivity index (χ0) is 50.6. The molecule has 394 valence electrons. The minimum Gasteiger partial charge on any atom is -0.477 e. The number of carboxylic acid groups (broad SMARTS) is 1. The van der Waals surface area contributed by atoms with E-state index in [0.29, 0.717) is 19.3 Å². The smallest absolute Gasteiger partial charge is 0.362 e. The number of esters is 2. The highest BCUT2D eigenvalue weighted by Crippen LogP contribution is 2.15. The Kier molecular flexibility index (Phi) is 47.9. The molecule has 0 aromatic rings. The van der Waals surface area contributed by atoms with Gasteiger partial charge in [0.1, 0.15) is 6.61 Å². The van der Waals surface area contributed by atoms with Gasteiger partial charge in [-0.1, -0.05) is 207 Å². The Hall–Kier alpha value is -3.75. The van der Waals surface area contributed by atoms with Gasteiger partial charge in [-0.2, -0.15) is 0 Å². The van der Waals surface area contributed by atoms with Gasteiger partial charge in [-0.15, -0.1) is 0 Å². The molecular formula is C61H104NO7+. The number of allylic oxidation sites excluding steroid dienone is 16. The van der Waals surface area contributed by atoms with Crippen molar-refractivity contribution in [3.8, 4) is 0 Å². The van der Waals surface area contributed by atoms with Crippen LogP contribution < -0.4 is 0 Å². The molecule has 0 heterocycles. The SMILES string of the molecule is CC/C=C/C/C=C/C/C=C/C/C=C/CCCCCCCCCCCCC(=O)OCC(COCCC(C(=O)O)[N+](C)(C)C)OC(=O)CCCCCCCCCCC/C=C/C/C=C/C/C=C/C/C=C/CC. The van der Waals surface area contributed by atoms with Gasteiger partial charge in [0.25, 0.3) is 0 Å². The number of hydrogen-bond acceptors (Lipinski definition) is 6. The Labute approximate surface area is 424 Å². The number of aliphatic carboxylic acids is 1. The van der Waals surface area contributed by atoms with Crippen molar-refractivity contribution in [2.24, 2.45) is 0 Å². The summed E-state index contributed by atoms with van der Waals surface area (Å²) in [4.78, 5) is 37.3. The molecule has 0 aromatic carbocycles. The van der Waals surface area contributed by atoms with Gasteiger partial charge in [-0.05, 0) is 89.9 Å². The first-order valence-electron chi connectivity index (χ1n) is 27.8. The van der Waals surface area contributed by atoms with Crippen LogP contribution in [-0.4, -0.2) is 80.6 Å². The molecule has 0 rings (SSSR count). The monoisotopic (exact) mass is 963 g/mol. The standard InChI is InChI=1S/C61H103NO7/c1-6-8-10-12-14-16-18-20-22-24-26-28-30-32-33-35-37-39-41-43-45-47-49-51-59(63)68-56-57(55-67-54-53-58(61(65)66)62(3,4)5)69-60(64)52-50-48-46-44-42-40-38-36-34-31-29-27-25-23-21-19-17-15-13-11-9-7-2/h8-11,14-17,20-23,26-29,57-58H,6-7,12-13,18-19,24-25,30-56H2,1-5H3/p+1/b10-8+,11-9+,16-14+,17-15+,22-20+,23-21+,28-26+,29-27+. The molecule has 0 spiro atoms. The summed E-state index contributed by atoms with van der Waals surface area (Å²) in [6.07, 6.45) is 68.9. The summed E-state index contributed by atoms with van der Waals surface area (Å²) in [6.45, 7) is 4.51. The minimum atomic E-state index is -0.878. The van der Waals surface area contributed by atoms with Crippen LogP contribution >= 0.6 is 0 Å². The third-order valence-electron chi connectivity index (χ3n) is 12.0. The zero-order valence-electron chi connectivity index (χ0n) is 45.0. The van der Waals surface area contributed by atoms with Crippen LogP contribution in [0.2, 0.25) is 0 Å². The Bertz CT molecular complexity index is 1450. The normalized spacial score (nSPS) is 13.6. The number of nitrogens with zero attached hydrogens (tertiary/aromatic N) is 1. The van der Waals surface area contributed by atoms with Crippen molar-refractivity contribution in [1.82, 2.24) is 0 Å². The fourth-order valence-corrected chi connectivity index (χ4v) is 7.78. The summed E-state index contributed by atoms with van der Waals surface area (Å²) in [5, 5.41) is 9.68. The van der Waals surface area contributed by atoms with Crippen LogP contribution in [0.15, 0.2) is 97.2 Å². The molecule has 69 heavy (non-hydrogen) atoms. The second-order valence-electron chi connectivity index (χ2n) is 19.4. The van der Waals surface area contributed by atoms with E-state index in [2.05, 4.69) is 111 Å². The van der Waals surface area contributed by atoms with Crippen LogP contribution in [0.5, 0.6) is 0 Å². The third-order valence-corrected chi connectivity index (χ3v) is 12.0. The highest BCUT2D eigenvalue weighted by atomic mass is 16.6. The van der Waals surface area contributed by atoms with E-state index in [4.69, 9.17) is 14.2 Å². The molecule has 0 bridgehead atoms. The highest BCUT2D eigenvalue weighted by Gasteiger charge is 2.31. The first kappa shape index (κ1) is 65.2. The van der Waals surface area contributed by atoms with Crippen LogP contribution in [-0.2, 0) is 28.6 Å². The first-order chi connectivity index (χ1) is 33.6. The fourth-order valence-electron chi connectivity index (χ4n) is 7.78. The predicted molar refractivity (Wildman–Crippen MR) is 293 cm³/mol. The van der Waals surface area contributed by atoms with Crippen LogP contribution in [0.1, 0.15) is 219 Å². The molecule has 0 saturated heterocycles. The number of carbonyl (C=O) groups is 3. The maximum Gasteiger partial charge on any atom is 0.362 e. The molecule has 8 heteroatoms. The van der Waals surface area contributed by atoms with E-state index in [1.165, 1.54) is 89.9 Å². The second-order valence-corrected chi connectivity index (χ2v) is 19.4. The molecule has 0 aliphatic carbocycles. The Morgan fingerprint density at radius 2 is 0.768 bits per heavy atom. The Balaban J connectivity index is 4.22. The zero-order valence-corrected chi connectivity index (χ0v) is 45.0. The Morgan fingerprint density at radius 1 is 0.435 bits per heavy atom. The number of hydrogen-bond donors (Lipinski definition) is 1. The number of likely N-dealkylation sites (N-methyl/N-ethyl adjacent to an activating group) is 1. The predicted octanol–water partition coefficient (Wildman–Crippen LogP) is 16.6. The van der Waals surface area contributed by atoms with E-state index in [0.717, 1.165) is 96.3 Å². The third kappa shape index (κ3) is 49.0. The van der Waals surface area contributed by atoms with E-state index >= 15 is 0 Å². The molecule has 2 unspecified atom stereocenters. The summed E-state index contributed by atoms with van der Waals surface area (Å²) in [7, 11) is 5.53. The molecule has 0 saturated carbocycles. The summed E-state index contributed by atoms with van der Waals surface area (Å²) in [5.41, 5.74) is 0. The maximum absolute atomic E-state index is 12.8. The lowest BCUT2D eigenvalue weighted by Gasteiger charge is -2.31. The number of unbranched alkanes of at least 4 members (excludes halogenated alkanes) is 19. The molecule has 0 fully saturated rings. The summed E-state index contributed by atoms with van der Waals surface area (Å²) >= 11 is 0. The van der Waals surface area contributed by atoms with Gasteiger partial charge in [0, 0.05) is 19.3 Å². The fraction of sp³-hybridized carbons (Fsp3) is 0.689. The average Bonchev–Trinajstić information content (AvgIpc) is 3.31. The van der Waals surface area contributed by atoms with Crippen molar-refractivity contribution in [3.63, 3.8) is 0 Å². The molecule has 0 amide bonds. The number of carboxylic acids is 1. The van der Waals surface area contributed by atoms with Crippen molar-refractivity contribution < 1.29 is 38.2 Å². The van der Waals surface area contributed by atoms with E-state index in [9.17, 15) is 19.5 Å². The lowest BCUT2D eigenvalue weighted by atomic mass is 10.1. The summed E-state index contributed by atoms with van der Waals surface area (Å²) < 4.78 is 17.4. The van der Waals surface area contributed by atoms with Gasteiger partial charge in [0.2, 0.25) is 0 Å². The number of ether oxygens (including phenoxy) is 3. The molecule has 0 aliphatic heterocycles. The minimum absolute atomic E-state index is 0.0528. The lowest BCUT2D eigenvalue weighted by Crippen LogP contribution is -2.50. The van der Waals surface area contributed by atoms with Crippen LogP contribution in [0, 0.1) is 0 Å². The average molecular weight is 964 g/mol. The van der Waals surface area contributed by atoms with Gasteiger partial charge < -0.3 is 23.8 Å². The van der Waals surface area contributed by atoms with E-state index < -0.39 is 18.1 Å². The van der Waals surface area contributed by atoms with Crippen molar-refractivity contribution in [1.29, 1.82) is 0 Å². The summed E-state index contributed by atoms with van der Waals surface area (Å²) in [6, 6.07) is -0.622. The van der Waals surface area contributed by atoms with Gasteiger partial charge in [-0.3, -0.25) is 9.59 Å². The van der Waals surface area contributed by atoms with Crippen LogP contribution in [0.25, 0.3) is 0 Å². The summed E-state index contributed by atoms with van der Waals surface area (Å²) in [5.74, 6) is -1.48. The molecule has 8 nitrogen and oxygen atoms in total. The Morgan fingerprint density at radius 3 is 1.13 bits per heavy atom. The van der Waals surface area contributed by atoms with E-state index in [-0.39, 0.29) is 36.2 Å².